The minimum Gasteiger partial charge on any atom is -0.473 e. The zero-order valence-corrected chi connectivity index (χ0v) is 14.0. The average molecular weight is 327 g/mol. The second kappa shape index (κ2) is 7.50. The number of hydrogen-bond donors (Lipinski definition) is 3. The highest BCUT2D eigenvalue weighted by Gasteiger charge is 2.13. The summed E-state index contributed by atoms with van der Waals surface area (Å²) in [6.45, 7) is 5.84. The van der Waals surface area contributed by atoms with E-state index in [2.05, 4.69) is 10.6 Å². The van der Waals surface area contributed by atoms with Gasteiger partial charge in [0.2, 0.25) is 0 Å². The SMILES string of the molecule is Cc1ccc(C)c(OCNC(=O)NC(=O)c2ccccc2N)c1C. The number of imide groups is 1. The van der Waals surface area contributed by atoms with Crippen molar-refractivity contribution in [2.75, 3.05) is 12.5 Å². The number of ether oxygens (including phenoxy) is 1. The molecule has 0 bridgehead atoms. The van der Waals surface area contributed by atoms with Crippen LogP contribution in [0.2, 0.25) is 0 Å². The molecule has 0 aliphatic carbocycles. The average Bonchev–Trinajstić information content (AvgIpc) is 2.54. The van der Waals surface area contributed by atoms with Crippen LogP contribution in [0.25, 0.3) is 0 Å². The van der Waals surface area contributed by atoms with Crippen molar-refractivity contribution in [2.24, 2.45) is 0 Å². The zero-order valence-electron chi connectivity index (χ0n) is 14.0. The summed E-state index contributed by atoms with van der Waals surface area (Å²) in [5, 5.41) is 4.71. The molecular formula is C18H21N3O3. The molecule has 6 nitrogen and oxygen atoms in total. The molecule has 0 spiro atoms. The first-order valence-electron chi connectivity index (χ1n) is 7.53. The maximum Gasteiger partial charge on any atom is 0.324 e. The quantitative estimate of drug-likeness (QED) is 0.594. The number of para-hydroxylation sites is 1. The van der Waals surface area contributed by atoms with Gasteiger partial charge in [0.05, 0.1) is 5.56 Å². The van der Waals surface area contributed by atoms with Gasteiger partial charge < -0.3 is 15.8 Å². The molecule has 2 aromatic rings. The van der Waals surface area contributed by atoms with Gasteiger partial charge in [-0.3, -0.25) is 10.1 Å². The van der Waals surface area contributed by atoms with Crippen LogP contribution in [0.15, 0.2) is 36.4 Å². The maximum atomic E-state index is 12.0. The van der Waals surface area contributed by atoms with Gasteiger partial charge in [-0.15, -0.1) is 0 Å². The number of nitrogen functional groups attached to an aromatic ring is 1. The molecule has 0 fully saturated rings. The molecule has 24 heavy (non-hydrogen) atoms. The Morgan fingerprint density at radius 3 is 2.42 bits per heavy atom. The van der Waals surface area contributed by atoms with Crippen molar-refractivity contribution < 1.29 is 14.3 Å². The van der Waals surface area contributed by atoms with Gasteiger partial charge in [0.25, 0.3) is 5.91 Å². The van der Waals surface area contributed by atoms with E-state index in [1.165, 1.54) is 0 Å². The summed E-state index contributed by atoms with van der Waals surface area (Å²) >= 11 is 0. The second-order valence-electron chi connectivity index (χ2n) is 5.49. The summed E-state index contributed by atoms with van der Waals surface area (Å²) in [5.74, 6) is 0.169. The fraction of sp³-hybridized carbons (Fsp3) is 0.222. The zero-order chi connectivity index (χ0) is 17.7. The Labute approximate surface area is 141 Å². The largest absolute Gasteiger partial charge is 0.473 e. The van der Waals surface area contributed by atoms with E-state index in [1.807, 2.05) is 32.9 Å². The predicted octanol–water partition coefficient (Wildman–Crippen LogP) is 2.67. The van der Waals surface area contributed by atoms with E-state index in [0.717, 1.165) is 22.4 Å². The molecule has 3 amide bonds. The lowest BCUT2D eigenvalue weighted by Crippen LogP contribution is -2.41. The van der Waals surface area contributed by atoms with Crippen molar-refractivity contribution in [2.45, 2.75) is 20.8 Å². The Kier molecular flexibility index (Phi) is 5.42. The number of carbonyl (C=O) groups excluding carboxylic acids is 2. The van der Waals surface area contributed by atoms with Gasteiger partial charge in [0.1, 0.15) is 5.75 Å². The number of urea groups is 1. The molecule has 0 saturated heterocycles. The Morgan fingerprint density at radius 1 is 1.04 bits per heavy atom. The summed E-state index contributed by atoms with van der Waals surface area (Å²) in [6, 6.07) is 9.86. The molecule has 2 rings (SSSR count). The fourth-order valence-corrected chi connectivity index (χ4v) is 2.24. The molecule has 0 aromatic heterocycles. The van der Waals surface area contributed by atoms with Crippen LogP contribution in [0.1, 0.15) is 27.0 Å². The first kappa shape index (κ1) is 17.3. The number of nitrogens with two attached hydrogens (primary N) is 1. The smallest absolute Gasteiger partial charge is 0.324 e. The van der Waals surface area contributed by atoms with Crippen LogP contribution in [-0.2, 0) is 0 Å². The van der Waals surface area contributed by atoms with Crippen molar-refractivity contribution in [1.29, 1.82) is 0 Å². The van der Waals surface area contributed by atoms with Crippen LogP contribution < -0.4 is 21.1 Å². The molecule has 0 aliphatic rings. The second-order valence-corrected chi connectivity index (χ2v) is 5.49. The van der Waals surface area contributed by atoms with Gasteiger partial charge in [-0.1, -0.05) is 24.3 Å². The van der Waals surface area contributed by atoms with Crippen LogP contribution in [-0.4, -0.2) is 18.7 Å². The summed E-state index contributed by atoms with van der Waals surface area (Å²) in [5.41, 5.74) is 9.37. The maximum absolute atomic E-state index is 12.0. The van der Waals surface area contributed by atoms with Crippen LogP contribution >= 0.6 is 0 Å². The number of aryl methyl sites for hydroxylation is 2. The van der Waals surface area contributed by atoms with E-state index < -0.39 is 11.9 Å². The van der Waals surface area contributed by atoms with Crippen LogP contribution in [0.5, 0.6) is 5.75 Å². The predicted molar refractivity (Wildman–Crippen MR) is 93.0 cm³/mol. The number of carbonyl (C=O) groups is 2. The monoisotopic (exact) mass is 327 g/mol. The molecule has 126 valence electrons. The van der Waals surface area contributed by atoms with E-state index in [0.29, 0.717) is 5.69 Å². The van der Waals surface area contributed by atoms with Gasteiger partial charge >= 0.3 is 6.03 Å². The molecule has 0 unspecified atom stereocenters. The third-order valence-corrected chi connectivity index (χ3v) is 3.76. The lowest BCUT2D eigenvalue weighted by Gasteiger charge is -2.14. The molecule has 2 aromatic carbocycles. The Balaban J connectivity index is 1.89. The first-order chi connectivity index (χ1) is 11.4. The van der Waals surface area contributed by atoms with Gasteiger partial charge in [0, 0.05) is 5.69 Å². The topological polar surface area (TPSA) is 93.5 Å². The number of hydrogen-bond acceptors (Lipinski definition) is 4. The van der Waals surface area contributed by atoms with Gasteiger partial charge in [-0.25, -0.2) is 4.79 Å². The Morgan fingerprint density at radius 2 is 1.71 bits per heavy atom. The van der Waals surface area contributed by atoms with Crippen molar-refractivity contribution in [3.63, 3.8) is 0 Å². The van der Waals surface area contributed by atoms with E-state index in [4.69, 9.17) is 10.5 Å². The number of rotatable bonds is 4. The molecule has 0 radical (unpaired) electrons. The van der Waals surface area contributed by atoms with Crippen molar-refractivity contribution in [3.8, 4) is 5.75 Å². The molecule has 0 heterocycles. The standard InChI is InChI=1S/C18H21N3O3/c1-11-8-9-12(2)16(13(11)3)24-10-20-18(23)21-17(22)14-6-4-5-7-15(14)19/h4-9H,10,19H2,1-3H3,(H2,20,21,22,23). The minimum absolute atomic E-state index is 0.0471. The van der Waals surface area contributed by atoms with Gasteiger partial charge in [-0.2, -0.15) is 0 Å². The molecule has 0 atom stereocenters. The molecule has 4 N–H and O–H groups in total. The van der Waals surface area contributed by atoms with Gasteiger partial charge in [-0.05, 0) is 49.6 Å². The highest BCUT2D eigenvalue weighted by Crippen LogP contribution is 2.25. The van der Waals surface area contributed by atoms with Crippen molar-refractivity contribution in [3.05, 3.63) is 58.7 Å². The van der Waals surface area contributed by atoms with E-state index in [9.17, 15) is 9.59 Å². The summed E-state index contributed by atoms with van der Waals surface area (Å²) in [6.07, 6.45) is 0. The number of anilines is 1. The Hall–Kier alpha value is -3.02. The molecule has 6 heteroatoms. The normalized spacial score (nSPS) is 10.1. The van der Waals surface area contributed by atoms with E-state index in [-0.39, 0.29) is 12.3 Å². The lowest BCUT2D eigenvalue weighted by atomic mass is 10.1. The number of benzene rings is 2. The fourth-order valence-electron chi connectivity index (χ4n) is 2.24. The molecule has 0 saturated carbocycles. The third-order valence-electron chi connectivity index (χ3n) is 3.76. The first-order valence-corrected chi connectivity index (χ1v) is 7.53. The summed E-state index contributed by atoms with van der Waals surface area (Å²) < 4.78 is 5.62. The van der Waals surface area contributed by atoms with E-state index >= 15 is 0 Å². The highest BCUT2D eigenvalue weighted by molar-refractivity contribution is 6.07. The summed E-state index contributed by atoms with van der Waals surface area (Å²) in [7, 11) is 0. The van der Waals surface area contributed by atoms with Gasteiger partial charge in [0.15, 0.2) is 6.73 Å². The third kappa shape index (κ3) is 4.04. The van der Waals surface area contributed by atoms with Crippen molar-refractivity contribution >= 4 is 17.6 Å². The highest BCUT2D eigenvalue weighted by atomic mass is 16.5. The lowest BCUT2D eigenvalue weighted by molar-refractivity contribution is 0.0963. The summed E-state index contributed by atoms with van der Waals surface area (Å²) in [4.78, 5) is 23.8. The van der Waals surface area contributed by atoms with Crippen LogP contribution in [0.3, 0.4) is 0 Å². The van der Waals surface area contributed by atoms with Crippen LogP contribution in [0, 0.1) is 20.8 Å². The number of nitrogens with one attached hydrogen (secondary N) is 2. The molecular weight excluding hydrogens is 306 g/mol. The van der Waals surface area contributed by atoms with E-state index in [1.54, 1.807) is 24.3 Å². The number of amides is 3. The van der Waals surface area contributed by atoms with Crippen molar-refractivity contribution in [1.82, 2.24) is 10.6 Å². The van der Waals surface area contributed by atoms with Crippen LogP contribution in [0.4, 0.5) is 10.5 Å². The molecule has 0 aliphatic heterocycles. The minimum atomic E-state index is -0.647. The Bertz CT molecular complexity index is 772.